The third-order valence-electron chi connectivity index (χ3n) is 3.27. The van der Waals surface area contributed by atoms with Gasteiger partial charge in [0.1, 0.15) is 0 Å². The molecule has 1 atom stereocenters. The number of rotatable bonds is 2. The highest BCUT2D eigenvalue weighted by Gasteiger charge is 2.26. The van der Waals surface area contributed by atoms with Crippen molar-refractivity contribution in [1.29, 1.82) is 0 Å². The van der Waals surface area contributed by atoms with Crippen molar-refractivity contribution in [2.45, 2.75) is 38.6 Å². The Morgan fingerprint density at radius 2 is 2.29 bits per heavy atom. The van der Waals surface area contributed by atoms with Gasteiger partial charge in [0.15, 0.2) is 0 Å². The molecule has 1 aromatic rings. The number of alkyl halides is 1. The van der Waals surface area contributed by atoms with Gasteiger partial charge in [-0.1, -0.05) is 28.8 Å². The number of carbonyl (C=O) groups excluding carboxylic acids is 1. The van der Waals surface area contributed by atoms with Crippen LogP contribution in [0.15, 0.2) is 12.1 Å². The lowest BCUT2D eigenvalue weighted by Gasteiger charge is -2.28. The molecule has 1 aliphatic heterocycles. The smallest absolute Gasteiger partial charge is 0.264 e. The van der Waals surface area contributed by atoms with E-state index in [4.69, 9.17) is 0 Å². The Hall–Kier alpha value is -0.350. The van der Waals surface area contributed by atoms with Gasteiger partial charge in [0, 0.05) is 22.8 Å². The summed E-state index contributed by atoms with van der Waals surface area (Å²) in [5.41, 5.74) is 0. The van der Waals surface area contributed by atoms with Crippen molar-refractivity contribution in [2.24, 2.45) is 0 Å². The van der Waals surface area contributed by atoms with E-state index in [2.05, 4.69) is 20.8 Å². The number of hydrogen-bond acceptors (Lipinski definition) is 2. The Morgan fingerprint density at radius 3 is 2.94 bits per heavy atom. The number of halogens is 1. The van der Waals surface area contributed by atoms with Gasteiger partial charge in [-0.25, -0.2) is 0 Å². The van der Waals surface area contributed by atoms with Crippen molar-refractivity contribution in [2.75, 3.05) is 11.9 Å². The van der Waals surface area contributed by atoms with Crippen LogP contribution in [0.3, 0.4) is 0 Å². The topological polar surface area (TPSA) is 20.3 Å². The Labute approximate surface area is 115 Å². The normalized spacial score (nSPS) is 21.3. The van der Waals surface area contributed by atoms with Crippen molar-refractivity contribution in [3.8, 4) is 0 Å². The minimum atomic E-state index is 0.217. The van der Waals surface area contributed by atoms with Crippen LogP contribution in [0.2, 0.25) is 0 Å². The number of thiophene rings is 1. The average molecular weight is 316 g/mol. The van der Waals surface area contributed by atoms with Crippen LogP contribution in [0.1, 0.15) is 40.2 Å². The van der Waals surface area contributed by atoms with Gasteiger partial charge in [0.05, 0.1) is 4.88 Å². The molecular weight excluding hydrogens is 298 g/mol. The molecular formula is C13H18BrNOS. The van der Waals surface area contributed by atoms with E-state index in [0.29, 0.717) is 6.04 Å². The Morgan fingerprint density at radius 1 is 1.47 bits per heavy atom. The zero-order valence-corrected chi connectivity index (χ0v) is 12.5. The highest BCUT2D eigenvalue weighted by atomic mass is 79.9. The SMILES string of the molecule is Cc1ccc(C(=O)N2CCCCCC2CBr)s1. The number of nitrogens with zero attached hydrogens (tertiary/aromatic N) is 1. The number of hydrogen-bond donors (Lipinski definition) is 0. The number of likely N-dealkylation sites (tertiary alicyclic amines) is 1. The molecule has 17 heavy (non-hydrogen) atoms. The summed E-state index contributed by atoms with van der Waals surface area (Å²) < 4.78 is 0. The molecule has 2 nitrogen and oxygen atoms in total. The molecule has 1 amide bonds. The third-order valence-corrected chi connectivity index (χ3v) is 5.00. The molecule has 0 aromatic carbocycles. The van der Waals surface area contributed by atoms with Crippen LogP contribution in [0.5, 0.6) is 0 Å². The van der Waals surface area contributed by atoms with E-state index >= 15 is 0 Å². The van der Waals surface area contributed by atoms with Gasteiger partial charge in [-0.15, -0.1) is 11.3 Å². The van der Waals surface area contributed by atoms with Crippen molar-refractivity contribution in [1.82, 2.24) is 4.90 Å². The summed E-state index contributed by atoms with van der Waals surface area (Å²) in [5.74, 6) is 0.217. The average Bonchev–Trinajstić information content (AvgIpc) is 2.64. The van der Waals surface area contributed by atoms with Crippen LogP contribution < -0.4 is 0 Å². The van der Waals surface area contributed by atoms with Crippen LogP contribution >= 0.6 is 27.3 Å². The Balaban J connectivity index is 2.15. The summed E-state index contributed by atoms with van der Waals surface area (Å²) in [6.45, 7) is 2.96. The predicted octanol–water partition coefficient (Wildman–Crippen LogP) is 3.84. The lowest BCUT2D eigenvalue weighted by Crippen LogP contribution is -2.40. The summed E-state index contributed by atoms with van der Waals surface area (Å²) in [7, 11) is 0. The molecule has 2 rings (SSSR count). The first-order valence-corrected chi connectivity index (χ1v) is 8.09. The highest BCUT2D eigenvalue weighted by Crippen LogP contribution is 2.23. The number of amides is 1. The van der Waals surface area contributed by atoms with Gasteiger partial charge in [0.25, 0.3) is 5.91 Å². The van der Waals surface area contributed by atoms with Crippen molar-refractivity contribution >= 4 is 33.2 Å². The van der Waals surface area contributed by atoms with Crippen LogP contribution in [-0.2, 0) is 0 Å². The predicted molar refractivity (Wildman–Crippen MR) is 76.1 cm³/mol. The molecule has 0 spiro atoms. The first-order valence-electron chi connectivity index (χ1n) is 6.15. The molecule has 0 saturated carbocycles. The van der Waals surface area contributed by atoms with Crippen LogP contribution in [-0.4, -0.2) is 28.7 Å². The van der Waals surface area contributed by atoms with Gasteiger partial charge in [-0.2, -0.15) is 0 Å². The van der Waals surface area contributed by atoms with Gasteiger partial charge < -0.3 is 4.90 Å². The maximum atomic E-state index is 12.5. The van der Waals surface area contributed by atoms with E-state index in [1.807, 2.05) is 19.1 Å². The lowest BCUT2D eigenvalue weighted by atomic mass is 10.1. The molecule has 1 unspecified atom stereocenters. The van der Waals surface area contributed by atoms with Crippen LogP contribution in [0.25, 0.3) is 0 Å². The van der Waals surface area contributed by atoms with E-state index in [-0.39, 0.29) is 5.91 Å². The van der Waals surface area contributed by atoms with Crippen LogP contribution in [0, 0.1) is 6.92 Å². The van der Waals surface area contributed by atoms with Gasteiger partial charge >= 0.3 is 0 Å². The molecule has 1 aliphatic rings. The Bertz CT molecular complexity index is 391. The minimum Gasteiger partial charge on any atom is -0.334 e. The molecule has 4 heteroatoms. The lowest BCUT2D eigenvalue weighted by molar-refractivity contribution is 0.0707. The fraction of sp³-hybridized carbons (Fsp3) is 0.615. The molecule has 2 heterocycles. The second-order valence-corrected chi connectivity index (χ2v) is 6.50. The van der Waals surface area contributed by atoms with Crippen molar-refractivity contribution < 1.29 is 4.79 Å². The van der Waals surface area contributed by atoms with Gasteiger partial charge in [0.2, 0.25) is 0 Å². The van der Waals surface area contributed by atoms with E-state index < -0.39 is 0 Å². The minimum absolute atomic E-state index is 0.217. The summed E-state index contributed by atoms with van der Waals surface area (Å²) in [6.07, 6.45) is 4.75. The molecule has 0 N–H and O–H groups in total. The van der Waals surface area contributed by atoms with Crippen molar-refractivity contribution in [3.63, 3.8) is 0 Å². The standard InChI is InChI=1S/C13H18BrNOS/c1-10-6-7-12(17-10)13(16)15-8-4-2-3-5-11(15)9-14/h6-7,11H,2-5,8-9H2,1H3. The molecule has 94 valence electrons. The maximum absolute atomic E-state index is 12.5. The van der Waals surface area contributed by atoms with E-state index in [1.165, 1.54) is 17.7 Å². The highest BCUT2D eigenvalue weighted by molar-refractivity contribution is 9.09. The van der Waals surface area contributed by atoms with Crippen LogP contribution in [0.4, 0.5) is 0 Å². The fourth-order valence-corrected chi connectivity index (χ4v) is 3.79. The van der Waals surface area contributed by atoms with E-state index in [0.717, 1.165) is 29.6 Å². The summed E-state index contributed by atoms with van der Waals surface area (Å²) >= 11 is 5.14. The monoisotopic (exact) mass is 315 g/mol. The first kappa shape index (κ1) is 13.1. The molecule has 0 bridgehead atoms. The van der Waals surface area contributed by atoms with Gasteiger partial charge in [-0.3, -0.25) is 4.79 Å². The van der Waals surface area contributed by atoms with Crippen molar-refractivity contribution in [3.05, 3.63) is 21.9 Å². The molecule has 1 fully saturated rings. The van der Waals surface area contributed by atoms with Gasteiger partial charge in [-0.05, 0) is 31.9 Å². The largest absolute Gasteiger partial charge is 0.334 e. The van der Waals surface area contributed by atoms with E-state index in [9.17, 15) is 4.79 Å². The summed E-state index contributed by atoms with van der Waals surface area (Å²) in [5, 5.41) is 0.892. The third kappa shape index (κ3) is 3.10. The molecule has 0 radical (unpaired) electrons. The Kier molecular flexibility index (Phi) is 4.62. The second kappa shape index (κ2) is 6.01. The summed E-state index contributed by atoms with van der Waals surface area (Å²) in [6, 6.07) is 4.35. The zero-order valence-electron chi connectivity index (χ0n) is 10.1. The maximum Gasteiger partial charge on any atom is 0.264 e. The zero-order chi connectivity index (χ0) is 12.3. The molecule has 1 saturated heterocycles. The molecule has 0 aliphatic carbocycles. The quantitative estimate of drug-likeness (QED) is 0.759. The summed E-state index contributed by atoms with van der Waals surface area (Å²) in [4.78, 5) is 16.6. The number of aryl methyl sites for hydroxylation is 1. The first-order chi connectivity index (χ1) is 8.22. The van der Waals surface area contributed by atoms with E-state index in [1.54, 1.807) is 11.3 Å². The fourth-order valence-electron chi connectivity index (χ4n) is 2.30. The second-order valence-electron chi connectivity index (χ2n) is 4.57. The number of carbonyl (C=O) groups is 1. The molecule has 1 aromatic heterocycles.